The van der Waals surface area contributed by atoms with Crippen molar-refractivity contribution in [1.82, 2.24) is 20.1 Å². The summed E-state index contributed by atoms with van der Waals surface area (Å²) in [5.41, 5.74) is 2.89. The number of nitrogens with zero attached hydrogens (tertiary/aromatic N) is 3. The Bertz CT molecular complexity index is 1520. The standard InChI is InChI=1S/C42H73N5O6Si2/c1-30-36(31(2)47(46-30)28-50-22-24-54(6,7)8)34-26-35(52-29-51-23-25-55(9,10)11)39(43-27-34)45-40(48)38(44-41(49)53-42(3,4)5)37(32-18-14-12-15-19-32)33-20-16-13-17-21-33/h26-27,32-33,37-38H,12-25,28-29H2,1-11H3,(H,44,49)(H,43,45,48)/t38-/m0/s1. The Hall–Kier alpha value is -2.75. The molecule has 0 spiro atoms. The fourth-order valence-corrected chi connectivity index (χ4v) is 9.54. The zero-order chi connectivity index (χ0) is 40.4. The van der Waals surface area contributed by atoms with Crippen LogP contribution in [-0.2, 0) is 25.7 Å². The normalized spacial score (nSPS) is 16.9. The summed E-state index contributed by atoms with van der Waals surface area (Å²) in [7, 11) is -2.51. The van der Waals surface area contributed by atoms with Crippen LogP contribution in [0.2, 0.25) is 51.4 Å². The van der Waals surface area contributed by atoms with E-state index in [1.54, 1.807) is 6.20 Å². The third-order valence-corrected chi connectivity index (χ3v) is 14.4. The van der Waals surface area contributed by atoms with Gasteiger partial charge in [-0.3, -0.25) is 4.79 Å². The van der Waals surface area contributed by atoms with Crippen LogP contribution in [0.4, 0.5) is 10.6 Å². The highest BCUT2D eigenvalue weighted by atomic mass is 28.3. The summed E-state index contributed by atoms with van der Waals surface area (Å²) in [6.45, 7) is 25.2. The van der Waals surface area contributed by atoms with Crippen LogP contribution < -0.4 is 15.4 Å². The second-order valence-electron chi connectivity index (χ2n) is 19.4. The average molecular weight is 800 g/mol. The lowest BCUT2D eigenvalue weighted by atomic mass is 9.66. The number of aromatic nitrogens is 3. The van der Waals surface area contributed by atoms with Gasteiger partial charge in [0.15, 0.2) is 18.4 Å². The van der Waals surface area contributed by atoms with Crippen LogP contribution in [-0.4, -0.2) is 74.6 Å². The number of hydrogen-bond donors (Lipinski definition) is 2. The van der Waals surface area contributed by atoms with Crippen LogP contribution in [0.3, 0.4) is 0 Å². The van der Waals surface area contributed by atoms with Gasteiger partial charge < -0.3 is 29.6 Å². The zero-order valence-electron chi connectivity index (χ0n) is 36.1. The molecule has 13 heteroatoms. The molecule has 2 amide bonds. The minimum absolute atomic E-state index is 0.00856. The Morgan fingerprint density at radius 3 is 1.98 bits per heavy atom. The highest BCUT2D eigenvalue weighted by molar-refractivity contribution is 6.76. The fraction of sp³-hybridized carbons (Fsp3) is 0.762. The number of carbonyl (C=O) groups excluding carboxylic acids is 2. The van der Waals surface area contributed by atoms with Crippen molar-refractivity contribution in [2.75, 3.05) is 25.3 Å². The van der Waals surface area contributed by atoms with E-state index >= 15 is 0 Å². The van der Waals surface area contributed by atoms with Gasteiger partial charge in [0.2, 0.25) is 5.91 Å². The van der Waals surface area contributed by atoms with Crippen molar-refractivity contribution in [3.63, 3.8) is 0 Å². The number of amides is 2. The maximum atomic E-state index is 14.7. The maximum absolute atomic E-state index is 14.7. The zero-order valence-corrected chi connectivity index (χ0v) is 38.1. The van der Waals surface area contributed by atoms with Crippen molar-refractivity contribution in [2.24, 2.45) is 17.8 Å². The number of hydrogen-bond acceptors (Lipinski definition) is 8. The fourth-order valence-electron chi connectivity index (χ4n) is 8.03. The van der Waals surface area contributed by atoms with Gasteiger partial charge >= 0.3 is 6.09 Å². The summed E-state index contributed by atoms with van der Waals surface area (Å²) in [5.74, 6) is 1.07. The van der Waals surface area contributed by atoms with Crippen molar-refractivity contribution >= 4 is 34.0 Å². The lowest BCUT2D eigenvalue weighted by Crippen LogP contribution is -2.54. The minimum atomic E-state index is -1.30. The number of nitrogens with one attached hydrogen (secondary N) is 2. The summed E-state index contributed by atoms with van der Waals surface area (Å²) >= 11 is 0. The highest BCUT2D eigenvalue weighted by Gasteiger charge is 2.42. The SMILES string of the molecule is Cc1nn(COCC[Si](C)(C)C)c(C)c1-c1cnc(NC(=O)[C@@H](NC(=O)OC(C)(C)C)C(C2CCCCC2)C2CCCCC2)c(OCOCC[Si](C)(C)C)c1. The molecule has 0 aliphatic heterocycles. The molecular weight excluding hydrogens is 727 g/mol. The van der Waals surface area contributed by atoms with Crippen molar-refractivity contribution in [3.05, 3.63) is 23.7 Å². The predicted molar refractivity (Wildman–Crippen MR) is 227 cm³/mol. The number of alkyl carbamates (subject to hydrolysis) is 1. The van der Waals surface area contributed by atoms with Crippen LogP contribution in [0.1, 0.15) is 96.4 Å². The number of anilines is 1. The Balaban J connectivity index is 1.66. The molecule has 0 radical (unpaired) electrons. The van der Waals surface area contributed by atoms with E-state index in [1.165, 1.54) is 12.8 Å². The van der Waals surface area contributed by atoms with Gasteiger partial charge in [-0.1, -0.05) is 103 Å². The van der Waals surface area contributed by atoms with Crippen molar-refractivity contribution in [2.45, 2.75) is 169 Å². The van der Waals surface area contributed by atoms with Crippen LogP contribution in [0, 0.1) is 31.6 Å². The Labute approximate surface area is 333 Å². The molecule has 11 nitrogen and oxygen atoms in total. The predicted octanol–water partition coefficient (Wildman–Crippen LogP) is 10.2. The van der Waals surface area contributed by atoms with Gasteiger partial charge in [-0.05, 0) is 70.5 Å². The summed E-state index contributed by atoms with van der Waals surface area (Å²) in [4.78, 5) is 33.0. The van der Waals surface area contributed by atoms with E-state index in [0.29, 0.717) is 43.3 Å². The van der Waals surface area contributed by atoms with Crippen molar-refractivity contribution in [1.29, 1.82) is 0 Å². The molecule has 2 aromatic rings. The molecule has 0 saturated heterocycles. The molecule has 4 rings (SSSR count). The van der Waals surface area contributed by atoms with Crippen LogP contribution in [0.5, 0.6) is 5.75 Å². The van der Waals surface area contributed by atoms with Gasteiger partial charge in [-0.15, -0.1) is 0 Å². The van der Waals surface area contributed by atoms with E-state index in [-0.39, 0.29) is 18.6 Å². The second kappa shape index (κ2) is 20.1. The quantitative estimate of drug-likeness (QED) is 0.0867. The molecule has 2 heterocycles. The van der Waals surface area contributed by atoms with Gasteiger partial charge in [0, 0.05) is 52.4 Å². The first-order chi connectivity index (χ1) is 25.8. The number of rotatable bonds is 18. The third kappa shape index (κ3) is 14.6. The van der Waals surface area contributed by atoms with Gasteiger partial charge in [0.05, 0.1) is 5.69 Å². The summed E-state index contributed by atoms with van der Waals surface area (Å²) < 4.78 is 25.9. The lowest BCUT2D eigenvalue weighted by molar-refractivity contribution is -0.121. The van der Waals surface area contributed by atoms with Gasteiger partial charge in [0.25, 0.3) is 0 Å². The van der Waals surface area contributed by atoms with Gasteiger partial charge in [0.1, 0.15) is 18.4 Å². The van der Waals surface area contributed by atoms with Crippen molar-refractivity contribution in [3.8, 4) is 16.9 Å². The van der Waals surface area contributed by atoms with E-state index in [1.807, 2.05) is 45.4 Å². The first kappa shape index (κ1) is 45.0. The molecule has 310 valence electrons. The first-order valence-electron chi connectivity index (χ1n) is 20.9. The number of carbonyl (C=O) groups is 2. The molecule has 2 aliphatic carbocycles. The van der Waals surface area contributed by atoms with Crippen LogP contribution in [0.15, 0.2) is 12.3 Å². The maximum Gasteiger partial charge on any atom is 0.408 e. The van der Waals surface area contributed by atoms with E-state index in [2.05, 4.69) is 49.9 Å². The second-order valence-corrected chi connectivity index (χ2v) is 30.7. The molecule has 2 aliphatic rings. The Morgan fingerprint density at radius 2 is 1.44 bits per heavy atom. The van der Waals surface area contributed by atoms with Gasteiger partial charge in [-0.25, -0.2) is 14.5 Å². The molecule has 2 N–H and O–H groups in total. The Kier molecular flexibility index (Phi) is 16.4. The molecule has 55 heavy (non-hydrogen) atoms. The summed E-state index contributed by atoms with van der Waals surface area (Å²) in [5, 5.41) is 11.0. The van der Waals surface area contributed by atoms with E-state index in [4.69, 9.17) is 29.0 Å². The lowest BCUT2D eigenvalue weighted by Gasteiger charge is -2.42. The number of ether oxygens (including phenoxy) is 4. The topological polar surface area (TPSA) is 126 Å². The van der Waals surface area contributed by atoms with E-state index in [9.17, 15) is 9.59 Å². The highest BCUT2D eigenvalue weighted by Crippen LogP contribution is 2.42. The van der Waals surface area contributed by atoms with Crippen LogP contribution >= 0.6 is 0 Å². The molecule has 0 unspecified atom stereocenters. The monoisotopic (exact) mass is 800 g/mol. The molecule has 1 atom stereocenters. The summed E-state index contributed by atoms with van der Waals surface area (Å²) in [6, 6.07) is 3.23. The first-order valence-corrected chi connectivity index (χ1v) is 28.4. The Morgan fingerprint density at radius 1 is 0.873 bits per heavy atom. The molecule has 0 bridgehead atoms. The largest absolute Gasteiger partial charge is 0.464 e. The molecule has 2 fully saturated rings. The third-order valence-electron chi connectivity index (χ3n) is 11.0. The number of pyridine rings is 1. The number of aryl methyl sites for hydroxylation is 1. The average Bonchev–Trinajstić information content (AvgIpc) is 3.38. The van der Waals surface area contributed by atoms with Crippen molar-refractivity contribution < 1.29 is 28.5 Å². The van der Waals surface area contributed by atoms with E-state index in [0.717, 1.165) is 86.0 Å². The molecular formula is C42H73N5O6Si2. The van der Waals surface area contributed by atoms with Gasteiger partial charge in [-0.2, -0.15) is 5.10 Å². The molecule has 2 saturated carbocycles. The molecule has 0 aromatic carbocycles. The van der Waals surface area contributed by atoms with E-state index < -0.39 is 33.9 Å². The molecule has 2 aromatic heterocycles. The summed E-state index contributed by atoms with van der Waals surface area (Å²) in [6.07, 6.45) is 12.4. The van der Waals surface area contributed by atoms with Crippen LogP contribution in [0.25, 0.3) is 11.1 Å². The minimum Gasteiger partial charge on any atom is -0.464 e. The smallest absolute Gasteiger partial charge is 0.408 e.